The summed E-state index contributed by atoms with van der Waals surface area (Å²) in [4.78, 5) is 17.1. The molecule has 0 N–H and O–H groups in total. The van der Waals surface area contributed by atoms with Gasteiger partial charge >= 0.3 is 6.18 Å². The van der Waals surface area contributed by atoms with Crippen LogP contribution in [0.4, 0.5) is 13.2 Å². The van der Waals surface area contributed by atoms with Gasteiger partial charge in [-0.05, 0) is 18.6 Å². The molecule has 2 rings (SSSR count). The normalized spacial score (nSPS) is 20.0. The molecule has 4 nitrogen and oxygen atoms in total. The minimum atomic E-state index is -4.49. The van der Waals surface area contributed by atoms with Crippen LogP contribution in [0.1, 0.15) is 29.4 Å². The number of aromatic nitrogens is 1. The lowest BCUT2D eigenvalue weighted by Gasteiger charge is -2.32. The van der Waals surface area contributed by atoms with Crippen LogP contribution < -0.4 is 0 Å². The molecule has 20 heavy (non-hydrogen) atoms. The van der Waals surface area contributed by atoms with Crippen molar-refractivity contribution >= 4 is 5.91 Å². The van der Waals surface area contributed by atoms with E-state index in [-0.39, 0.29) is 17.6 Å². The van der Waals surface area contributed by atoms with Gasteiger partial charge in [-0.15, -0.1) is 0 Å². The van der Waals surface area contributed by atoms with Crippen LogP contribution in [0.2, 0.25) is 0 Å². The fourth-order valence-corrected chi connectivity index (χ4v) is 2.02. The van der Waals surface area contributed by atoms with Gasteiger partial charge in [0.2, 0.25) is 0 Å². The first kappa shape index (κ1) is 14.8. The molecule has 0 spiro atoms. The van der Waals surface area contributed by atoms with Crippen LogP contribution in [0.3, 0.4) is 0 Å². The number of carbonyl (C=O) groups is 1. The van der Waals surface area contributed by atoms with E-state index in [2.05, 4.69) is 4.98 Å². The van der Waals surface area contributed by atoms with Crippen LogP contribution in [-0.4, -0.2) is 41.6 Å². The number of hydrogen-bond acceptors (Lipinski definition) is 3. The van der Waals surface area contributed by atoms with Gasteiger partial charge in [-0.1, -0.05) is 6.92 Å². The molecule has 1 aliphatic rings. The van der Waals surface area contributed by atoms with E-state index in [0.29, 0.717) is 19.7 Å². The molecule has 2 heterocycles. The highest BCUT2D eigenvalue weighted by molar-refractivity contribution is 5.94. The fraction of sp³-hybridized carbons (Fsp3) is 0.538. The van der Waals surface area contributed by atoms with Gasteiger partial charge < -0.3 is 9.64 Å². The number of morpholine rings is 1. The Morgan fingerprint density at radius 3 is 2.80 bits per heavy atom. The summed E-state index contributed by atoms with van der Waals surface area (Å²) < 4.78 is 42.6. The standard InChI is InChI=1S/C13H15F3N2O2/c1-2-10-8-18(5-6-20-10)12(19)9-3-4-11(17-7-9)13(14,15)16/h3-4,7,10H,2,5-6,8H2,1H3. The molecule has 1 aliphatic heterocycles. The third-order valence-electron chi connectivity index (χ3n) is 3.18. The molecule has 1 aromatic rings. The highest BCUT2D eigenvalue weighted by atomic mass is 19.4. The Morgan fingerprint density at radius 1 is 1.50 bits per heavy atom. The SMILES string of the molecule is CCC1CN(C(=O)c2ccc(C(F)(F)F)nc2)CCO1. The third kappa shape index (κ3) is 3.27. The number of halogens is 3. The molecule has 0 aromatic carbocycles. The number of hydrogen-bond donors (Lipinski definition) is 0. The summed E-state index contributed by atoms with van der Waals surface area (Å²) in [7, 11) is 0. The van der Waals surface area contributed by atoms with E-state index in [4.69, 9.17) is 4.74 Å². The number of nitrogens with zero attached hydrogens (tertiary/aromatic N) is 2. The monoisotopic (exact) mass is 288 g/mol. The van der Waals surface area contributed by atoms with Crippen molar-refractivity contribution in [1.82, 2.24) is 9.88 Å². The number of amides is 1. The van der Waals surface area contributed by atoms with Crippen molar-refractivity contribution in [3.63, 3.8) is 0 Å². The van der Waals surface area contributed by atoms with Crippen LogP contribution in [-0.2, 0) is 10.9 Å². The smallest absolute Gasteiger partial charge is 0.375 e. The molecule has 110 valence electrons. The molecule has 1 unspecified atom stereocenters. The van der Waals surface area contributed by atoms with E-state index in [1.54, 1.807) is 4.90 Å². The van der Waals surface area contributed by atoms with Crippen LogP contribution in [0.15, 0.2) is 18.3 Å². The lowest BCUT2D eigenvalue weighted by Crippen LogP contribution is -2.45. The van der Waals surface area contributed by atoms with E-state index in [0.717, 1.165) is 24.8 Å². The van der Waals surface area contributed by atoms with Crippen LogP contribution in [0.5, 0.6) is 0 Å². The molecule has 0 bridgehead atoms. The second-order valence-corrected chi connectivity index (χ2v) is 4.58. The highest BCUT2D eigenvalue weighted by Gasteiger charge is 2.32. The summed E-state index contributed by atoms with van der Waals surface area (Å²) in [6, 6.07) is 1.99. The molecular weight excluding hydrogens is 273 g/mol. The summed E-state index contributed by atoms with van der Waals surface area (Å²) in [6.07, 6.45) is -2.75. The molecule has 1 atom stereocenters. The number of pyridine rings is 1. The van der Waals surface area contributed by atoms with Crippen LogP contribution in [0.25, 0.3) is 0 Å². The molecule has 1 aromatic heterocycles. The molecule has 7 heteroatoms. The molecule has 0 saturated carbocycles. The van der Waals surface area contributed by atoms with E-state index in [9.17, 15) is 18.0 Å². The zero-order chi connectivity index (χ0) is 14.8. The van der Waals surface area contributed by atoms with Gasteiger partial charge in [-0.25, -0.2) is 0 Å². The van der Waals surface area contributed by atoms with Crippen molar-refractivity contribution < 1.29 is 22.7 Å². The largest absolute Gasteiger partial charge is 0.433 e. The van der Waals surface area contributed by atoms with Gasteiger partial charge in [-0.2, -0.15) is 13.2 Å². The molecule has 1 amide bonds. The van der Waals surface area contributed by atoms with Gasteiger partial charge in [0.25, 0.3) is 5.91 Å². The summed E-state index contributed by atoms with van der Waals surface area (Å²) in [5.41, 5.74) is -0.836. The number of ether oxygens (including phenoxy) is 1. The van der Waals surface area contributed by atoms with Crippen molar-refractivity contribution in [2.45, 2.75) is 25.6 Å². The number of carbonyl (C=O) groups excluding carboxylic acids is 1. The lowest BCUT2D eigenvalue weighted by atomic mass is 10.1. The summed E-state index contributed by atoms with van der Waals surface area (Å²) in [6.45, 7) is 3.29. The fourth-order valence-electron chi connectivity index (χ4n) is 2.02. The molecule has 0 radical (unpaired) electrons. The molecule has 1 fully saturated rings. The minimum absolute atomic E-state index is 0.0184. The Labute approximate surface area is 114 Å². The first-order chi connectivity index (χ1) is 9.41. The number of rotatable bonds is 2. The second kappa shape index (κ2) is 5.78. The highest BCUT2D eigenvalue weighted by Crippen LogP contribution is 2.27. The Morgan fingerprint density at radius 2 is 2.25 bits per heavy atom. The van der Waals surface area contributed by atoms with Crippen molar-refractivity contribution in [3.05, 3.63) is 29.6 Å². The maximum atomic E-state index is 12.4. The number of alkyl halides is 3. The van der Waals surface area contributed by atoms with E-state index >= 15 is 0 Å². The Kier molecular flexibility index (Phi) is 4.27. The second-order valence-electron chi connectivity index (χ2n) is 4.58. The first-order valence-electron chi connectivity index (χ1n) is 6.36. The topological polar surface area (TPSA) is 42.4 Å². The summed E-state index contributed by atoms with van der Waals surface area (Å²) in [5.74, 6) is -0.312. The van der Waals surface area contributed by atoms with E-state index in [1.807, 2.05) is 6.92 Å². The third-order valence-corrected chi connectivity index (χ3v) is 3.18. The minimum Gasteiger partial charge on any atom is -0.375 e. The Bertz CT molecular complexity index is 473. The van der Waals surface area contributed by atoms with Gasteiger partial charge in [0, 0.05) is 19.3 Å². The van der Waals surface area contributed by atoms with Crippen LogP contribution in [0, 0.1) is 0 Å². The van der Waals surface area contributed by atoms with Gasteiger partial charge in [0.15, 0.2) is 0 Å². The van der Waals surface area contributed by atoms with Gasteiger partial charge in [0.05, 0.1) is 18.3 Å². The predicted octanol–water partition coefficient (Wildman–Crippen LogP) is 2.35. The molecule has 1 saturated heterocycles. The van der Waals surface area contributed by atoms with E-state index < -0.39 is 11.9 Å². The average molecular weight is 288 g/mol. The molecular formula is C13H15F3N2O2. The quantitative estimate of drug-likeness (QED) is 0.839. The summed E-state index contributed by atoms with van der Waals surface area (Å²) >= 11 is 0. The van der Waals surface area contributed by atoms with Crippen molar-refractivity contribution in [1.29, 1.82) is 0 Å². The zero-order valence-electron chi connectivity index (χ0n) is 11.0. The maximum Gasteiger partial charge on any atom is 0.433 e. The van der Waals surface area contributed by atoms with E-state index in [1.165, 1.54) is 0 Å². The van der Waals surface area contributed by atoms with Crippen molar-refractivity contribution in [3.8, 4) is 0 Å². The van der Waals surface area contributed by atoms with Crippen LogP contribution >= 0.6 is 0 Å². The first-order valence-corrected chi connectivity index (χ1v) is 6.36. The average Bonchev–Trinajstić information content (AvgIpc) is 2.46. The zero-order valence-corrected chi connectivity index (χ0v) is 11.0. The summed E-state index contributed by atoms with van der Waals surface area (Å²) in [5, 5.41) is 0. The van der Waals surface area contributed by atoms with Gasteiger partial charge in [-0.3, -0.25) is 9.78 Å². The Hall–Kier alpha value is -1.63. The predicted molar refractivity (Wildman–Crippen MR) is 65.2 cm³/mol. The Balaban J connectivity index is 2.09. The van der Waals surface area contributed by atoms with Crippen molar-refractivity contribution in [2.75, 3.05) is 19.7 Å². The maximum absolute atomic E-state index is 12.4. The van der Waals surface area contributed by atoms with Crippen molar-refractivity contribution in [2.24, 2.45) is 0 Å². The van der Waals surface area contributed by atoms with Gasteiger partial charge in [0.1, 0.15) is 5.69 Å². The lowest BCUT2D eigenvalue weighted by molar-refractivity contribution is -0.141. The molecule has 0 aliphatic carbocycles.